The van der Waals surface area contributed by atoms with E-state index in [0.717, 1.165) is 37.2 Å². The first-order valence-electron chi connectivity index (χ1n) is 21.7. The number of esters is 1. The maximum atomic E-state index is 12.4. The van der Waals surface area contributed by atoms with Crippen LogP contribution in [-0.2, 0) is 9.53 Å². The minimum absolute atomic E-state index is 0.153. The van der Waals surface area contributed by atoms with Gasteiger partial charge in [-0.1, -0.05) is 181 Å². The highest BCUT2D eigenvalue weighted by Gasteiger charge is 2.48. The number of carbonyl (C=O) groups excluding carboxylic acids is 1. The third-order valence-electron chi connectivity index (χ3n) is 10.7. The number of carbonyl (C=O) groups is 1. The first-order valence-corrected chi connectivity index (χ1v) is 21.7. The van der Waals surface area contributed by atoms with Crippen molar-refractivity contribution in [3.05, 3.63) is 24.0 Å². The number of hydrogen-bond acceptors (Lipinski definition) is 6. The first-order chi connectivity index (χ1) is 24.4. The van der Waals surface area contributed by atoms with Crippen LogP contribution in [0.5, 0.6) is 5.75 Å². The van der Waals surface area contributed by atoms with E-state index in [9.17, 15) is 4.79 Å². The van der Waals surface area contributed by atoms with Crippen molar-refractivity contribution >= 4 is 5.97 Å². The molecule has 2 atom stereocenters. The van der Waals surface area contributed by atoms with Gasteiger partial charge < -0.3 is 9.47 Å². The fraction of sp³-hybridized carbons (Fsp3) is 0.864. The van der Waals surface area contributed by atoms with Gasteiger partial charge in [-0.25, -0.2) is 5.01 Å². The summed E-state index contributed by atoms with van der Waals surface area (Å²) in [6, 6.07) is 1.80. The van der Waals surface area contributed by atoms with Crippen molar-refractivity contribution in [2.24, 2.45) is 0 Å². The van der Waals surface area contributed by atoms with Crippen LogP contribution in [0.1, 0.15) is 226 Å². The molecule has 0 fully saturated rings. The molecule has 1 aromatic rings. The molecule has 1 aliphatic heterocycles. The van der Waals surface area contributed by atoms with Gasteiger partial charge in [-0.05, 0) is 32.8 Å². The molecule has 0 saturated carbocycles. The summed E-state index contributed by atoms with van der Waals surface area (Å²) in [6.45, 7) is 12.0. The Hall–Kier alpha value is -1.66. The third kappa shape index (κ3) is 19.8. The molecular weight excluding hydrogens is 619 g/mol. The zero-order chi connectivity index (χ0) is 36.1. The standard InChI is InChI=1S/C44H81N3O3/c1-6-8-10-12-14-16-18-20-22-24-26-28-30-32-35-46-47(37-33-31-29-27-25-23-21-19-17-15-13-11-9-7-2)42-40-38-45-36-34-41(40)50-44(4,5)43(42)49-39(3)48/h34,36,38,42-43,46H,6-33,35,37H2,1-5H3/t42-,43+/m1/s1. The van der Waals surface area contributed by atoms with Crippen LogP contribution in [0.15, 0.2) is 18.5 Å². The summed E-state index contributed by atoms with van der Waals surface area (Å²) in [5.74, 6) is 0.565. The van der Waals surface area contributed by atoms with Crippen LogP contribution in [0.4, 0.5) is 0 Å². The molecule has 6 heteroatoms. The van der Waals surface area contributed by atoms with Crippen molar-refractivity contribution in [2.45, 2.75) is 232 Å². The fourth-order valence-electron chi connectivity index (χ4n) is 7.65. The molecule has 0 unspecified atom stereocenters. The first kappa shape index (κ1) is 44.5. The van der Waals surface area contributed by atoms with Crippen LogP contribution in [0.25, 0.3) is 0 Å². The van der Waals surface area contributed by atoms with Gasteiger partial charge in [0.05, 0.1) is 6.04 Å². The number of hydrogen-bond donors (Lipinski definition) is 1. The largest absolute Gasteiger partial charge is 0.483 e. The van der Waals surface area contributed by atoms with Gasteiger partial charge >= 0.3 is 5.97 Å². The zero-order valence-corrected chi connectivity index (χ0v) is 33.7. The monoisotopic (exact) mass is 700 g/mol. The Morgan fingerprint density at radius 3 is 1.56 bits per heavy atom. The second kappa shape index (κ2) is 28.9. The number of pyridine rings is 1. The van der Waals surface area contributed by atoms with Crippen molar-refractivity contribution in [2.75, 3.05) is 13.1 Å². The van der Waals surface area contributed by atoms with E-state index in [1.807, 2.05) is 26.1 Å². The number of ether oxygens (including phenoxy) is 2. The van der Waals surface area contributed by atoms with Crippen molar-refractivity contribution < 1.29 is 14.3 Å². The van der Waals surface area contributed by atoms with Gasteiger partial charge in [-0.15, -0.1) is 0 Å². The van der Waals surface area contributed by atoms with E-state index >= 15 is 0 Å². The average molecular weight is 700 g/mol. The predicted molar refractivity (Wildman–Crippen MR) is 213 cm³/mol. The Labute approximate surface area is 310 Å². The highest BCUT2D eigenvalue weighted by atomic mass is 16.6. The van der Waals surface area contributed by atoms with Crippen LogP contribution >= 0.6 is 0 Å². The summed E-state index contributed by atoms with van der Waals surface area (Å²) in [7, 11) is 0. The molecule has 2 heterocycles. The van der Waals surface area contributed by atoms with Gasteiger partial charge in [0, 0.05) is 38.0 Å². The fourth-order valence-corrected chi connectivity index (χ4v) is 7.65. The SMILES string of the molecule is CCCCCCCCCCCCCCCCNN(CCCCCCCCCCCCCCCC)[C@@H]1c2cnccc2OC(C)(C)[C@H]1OC(C)=O. The Morgan fingerprint density at radius 2 is 1.12 bits per heavy atom. The molecule has 6 nitrogen and oxygen atoms in total. The van der Waals surface area contributed by atoms with E-state index in [0.29, 0.717) is 0 Å². The smallest absolute Gasteiger partial charge is 0.303 e. The van der Waals surface area contributed by atoms with Crippen LogP contribution in [-0.4, -0.2) is 40.8 Å². The lowest BCUT2D eigenvalue weighted by molar-refractivity contribution is -0.171. The number of hydrazine groups is 1. The predicted octanol–water partition coefficient (Wildman–Crippen LogP) is 13.0. The van der Waals surface area contributed by atoms with E-state index in [1.54, 1.807) is 6.20 Å². The van der Waals surface area contributed by atoms with Gasteiger partial charge in [0.25, 0.3) is 0 Å². The zero-order valence-electron chi connectivity index (χ0n) is 33.7. The molecule has 0 bridgehead atoms. The molecule has 1 N–H and O–H groups in total. The molecular formula is C44H81N3O3. The summed E-state index contributed by atoms with van der Waals surface area (Å²) in [6.07, 6.45) is 41.3. The topological polar surface area (TPSA) is 63.7 Å². The van der Waals surface area contributed by atoms with Gasteiger partial charge in [-0.3, -0.25) is 15.2 Å². The second-order valence-electron chi connectivity index (χ2n) is 15.9. The van der Waals surface area contributed by atoms with Gasteiger partial charge in [-0.2, -0.15) is 0 Å². The molecule has 0 radical (unpaired) electrons. The number of rotatable bonds is 33. The minimum atomic E-state index is -0.658. The van der Waals surface area contributed by atoms with Crippen molar-refractivity contribution in [1.29, 1.82) is 0 Å². The number of nitrogens with zero attached hydrogens (tertiary/aromatic N) is 2. The summed E-state index contributed by atoms with van der Waals surface area (Å²) >= 11 is 0. The lowest BCUT2D eigenvalue weighted by Gasteiger charge is -2.47. The molecule has 50 heavy (non-hydrogen) atoms. The highest BCUT2D eigenvalue weighted by Crippen LogP contribution is 2.43. The molecule has 1 aliphatic rings. The van der Waals surface area contributed by atoms with Crippen molar-refractivity contribution in [1.82, 2.24) is 15.4 Å². The number of aromatic nitrogens is 1. The molecule has 0 aromatic carbocycles. The van der Waals surface area contributed by atoms with E-state index in [-0.39, 0.29) is 12.0 Å². The lowest BCUT2D eigenvalue weighted by Crippen LogP contribution is -2.58. The Kier molecular flexibility index (Phi) is 25.7. The highest BCUT2D eigenvalue weighted by molar-refractivity contribution is 5.66. The quantitative estimate of drug-likeness (QED) is 0.0447. The number of fused-ring (bicyclic) bond motifs is 1. The van der Waals surface area contributed by atoms with E-state index < -0.39 is 11.7 Å². The van der Waals surface area contributed by atoms with Crippen LogP contribution in [0.3, 0.4) is 0 Å². The van der Waals surface area contributed by atoms with E-state index in [4.69, 9.17) is 9.47 Å². The molecule has 1 aromatic heterocycles. The van der Waals surface area contributed by atoms with Crippen molar-refractivity contribution in [3.63, 3.8) is 0 Å². The number of unbranched alkanes of at least 4 members (excludes halogenated alkanes) is 26. The number of nitrogens with one attached hydrogen (secondary N) is 1. The molecule has 0 aliphatic carbocycles. The summed E-state index contributed by atoms with van der Waals surface area (Å²) in [5, 5.41) is 2.36. The minimum Gasteiger partial charge on any atom is -0.483 e. The average Bonchev–Trinajstić information content (AvgIpc) is 3.09. The Bertz CT molecular complexity index is 954. The maximum Gasteiger partial charge on any atom is 0.303 e. The van der Waals surface area contributed by atoms with Crippen molar-refractivity contribution in [3.8, 4) is 5.75 Å². The molecule has 290 valence electrons. The maximum absolute atomic E-state index is 12.4. The Morgan fingerprint density at radius 1 is 0.700 bits per heavy atom. The van der Waals surface area contributed by atoms with Gasteiger partial charge in [0.2, 0.25) is 0 Å². The van der Waals surface area contributed by atoms with Crippen LogP contribution in [0.2, 0.25) is 0 Å². The van der Waals surface area contributed by atoms with Gasteiger partial charge in [0.1, 0.15) is 11.4 Å². The molecule has 0 spiro atoms. The van der Waals surface area contributed by atoms with Gasteiger partial charge in [0.15, 0.2) is 6.10 Å². The summed E-state index contributed by atoms with van der Waals surface area (Å²) in [5.41, 5.74) is 4.16. The van der Waals surface area contributed by atoms with Crippen LogP contribution < -0.4 is 10.2 Å². The third-order valence-corrected chi connectivity index (χ3v) is 10.7. The van der Waals surface area contributed by atoms with E-state index in [1.165, 1.54) is 174 Å². The normalized spacial score (nSPS) is 16.8. The summed E-state index contributed by atoms with van der Waals surface area (Å²) < 4.78 is 12.4. The van der Waals surface area contributed by atoms with Crippen LogP contribution in [0, 0.1) is 0 Å². The summed E-state index contributed by atoms with van der Waals surface area (Å²) in [4.78, 5) is 16.8. The second-order valence-corrected chi connectivity index (χ2v) is 15.9. The lowest BCUT2D eigenvalue weighted by atomic mass is 9.86. The molecule has 0 saturated heterocycles. The van der Waals surface area contributed by atoms with E-state index in [2.05, 4.69) is 29.3 Å². The molecule has 2 rings (SSSR count). The Balaban J connectivity index is 1.79. The molecule has 0 amide bonds.